The molecular weight excluding hydrogens is 599 g/mol. The number of halogens is 2. The number of nitrogens with one attached hydrogen (secondary N) is 1. The van der Waals surface area contributed by atoms with Gasteiger partial charge in [0.05, 0.1) is 11.0 Å². The van der Waals surface area contributed by atoms with Crippen molar-refractivity contribution in [2.24, 2.45) is 0 Å². The van der Waals surface area contributed by atoms with E-state index in [1.54, 1.807) is 0 Å². The number of benzene rings is 1. The number of hydrogen-bond donors (Lipinski definition) is 3. The quantitative estimate of drug-likeness (QED) is 0.0266. The number of non-ortho nitro benzene ring substituents is 1. The van der Waals surface area contributed by atoms with Crippen molar-refractivity contribution in [3.8, 4) is 0 Å². The molecule has 0 aromatic heterocycles. The maximum Gasteiger partial charge on any atom is 0.342 e. The van der Waals surface area contributed by atoms with E-state index in [-0.39, 0.29) is 17.7 Å². The number of carbonyl (C=O) groups is 3. The first-order valence-corrected chi connectivity index (χ1v) is 16.3. The molecule has 1 amide bonds. The Kier molecular flexibility index (Phi) is 20.9. The highest BCUT2D eigenvalue weighted by atomic mass is 35.5. The maximum atomic E-state index is 12.3. The fourth-order valence-corrected chi connectivity index (χ4v) is 4.80. The first kappa shape index (κ1) is 38.8. The van der Waals surface area contributed by atoms with Gasteiger partial charge in [-0.2, -0.15) is 0 Å². The van der Waals surface area contributed by atoms with Crippen molar-refractivity contribution in [3.05, 3.63) is 39.9 Å². The number of aliphatic hydroxyl groups is 2. The fourth-order valence-electron chi connectivity index (χ4n) is 4.67. The van der Waals surface area contributed by atoms with Gasteiger partial charge in [-0.25, -0.2) is 4.79 Å². The number of carbonyl (C=O) groups excluding carboxylic acids is 3. The standard InChI is InChI=1S/C31H48Cl2N2O8/c1-2-3-4-5-6-7-8-9-10-11-12-13-14-15-16-17-26(36)28(38)31(40)43-22-25(34-30(39)29(32)33)27(37)23-18-20-24(21-19-23)35(41)42/h18-21,25,27-29,37-38H,2-17,22H2,1H3,(H,34,39)/t25-,27-,28?/m1/s1. The molecule has 3 N–H and O–H groups in total. The molecule has 0 radical (unpaired) electrons. The van der Waals surface area contributed by atoms with Crippen LogP contribution in [0.5, 0.6) is 0 Å². The van der Waals surface area contributed by atoms with Gasteiger partial charge in [0.2, 0.25) is 6.10 Å². The number of unbranched alkanes of at least 4 members (excludes halogenated alkanes) is 14. The highest BCUT2D eigenvalue weighted by molar-refractivity contribution is 6.53. The van der Waals surface area contributed by atoms with E-state index >= 15 is 0 Å². The maximum absolute atomic E-state index is 12.3. The number of ether oxygens (including phenoxy) is 1. The number of hydrogen-bond acceptors (Lipinski definition) is 8. The molecule has 1 aromatic rings. The van der Waals surface area contributed by atoms with Gasteiger partial charge in [-0.05, 0) is 24.1 Å². The molecule has 0 saturated heterocycles. The molecule has 0 fully saturated rings. The highest BCUT2D eigenvalue weighted by Crippen LogP contribution is 2.22. The summed E-state index contributed by atoms with van der Waals surface area (Å²) in [5.74, 6) is -2.76. The summed E-state index contributed by atoms with van der Waals surface area (Å²) >= 11 is 11.1. The van der Waals surface area contributed by atoms with E-state index in [9.17, 15) is 34.7 Å². The summed E-state index contributed by atoms with van der Waals surface area (Å²) < 4.78 is 5.02. The van der Waals surface area contributed by atoms with Gasteiger partial charge >= 0.3 is 5.97 Å². The molecule has 0 saturated carbocycles. The Morgan fingerprint density at radius 1 is 0.837 bits per heavy atom. The lowest BCUT2D eigenvalue weighted by Gasteiger charge is -2.25. The number of nitrogens with zero attached hydrogens (tertiary/aromatic N) is 1. The van der Waals surface area contributed by atoms with Gasteiger partial charge in [0, 0.05) is 18.6 Å². The highest BCUT2D eigenvalue weighted by Gasteiger charge is 2.30. The second kappa shape index (κ2) is 23.2. The number of Topliss-reactive ketones (excluding diaryl/α,β-unsaturated/α-hetero) is 1. The van der Waals surface area contributed by atoms with Gasteiger partial charge in [-0.15, -0.1) is 0 Å². The molecule has 10 nitrogen and oxygen atoms in total. The van der Waals surface area contributed by atoms with Crippen LogP contribution < -0.4 is 5.32 Å². The van der Waals surface area contributed by atoms with Gasteiger partial charge in [-0.1, -0.05) is 120 Å². The monoisotopic (exact) mass is 646 g/mol. The van der Waals surface area contributed by atoms with Crippen molar-refractivity contribution in [2.45, 2.75) is 133 Å². The molecule has 1 unspecified atom stereocenters. The minimum absolute atomic E-state index is 0.0281. The van der Waals surface area contributed by atoms with Crippen LogP contribution >= 0.6 is 23.2 Å². The van der Waals surface area contributed by atoms with Gasteiger partial charge < -0.3 is 20.3 Å². The zero-order valence-corrected chi connectivity index (χ0v) is 26.7. The summed E-state index contributed by atoms with van der Waals surface area (Å²) in [5, 5.41) is 34.1. The van der Waals surface area contributed by atoms with Crippen LogP contribution in [0.15, 0.2) is 24.3 Å². The molecule has 0 bridgehead atoms. The number of nitro benzene ring substituents is 1. The summed E-state index contributed by atoms with van der Waals surface area (Å²) in [5.41, 5.74) is -0.0299. The number of ketones is 1. The molecule has 0 aliphatic heterocycles. The Morgan fingerprint density at radius 2 is 1.30 bits per heavy atom. The number of amides is 1. The Hall–Kier alpha value is -2.27. The van der Waals surface area contributed by atoms with E-state index in [1.807, 2.05) is 0 Å². The minimum atomic E-state index is -1.99. The van der Waals surface area contributed by atoms with Crippen molar-refractivity contribution in [2.75, 3.05) is 6.61 Å². The molecule has 0 heterocycles. The van der Waals surface area contributed by atoms with Gasteiger partial charge in [0.1, 0.15) is 12.7 Å². The van der Waals surface area contributed by atoms with E-state index in [2.05, 4.69) is 12.2 Å². The lowest BCUT2D eigenvalue weighted by atomic mass is 10.0. The summed E-state index contributed by atoms with van der Waals surface area (Å²) in [4.78, 5) is 45.5. The number of rotatable bonds is 25. The van der Waals surface area contributed by atoms with Crippen LogP contribution in [0.1, 0.15) is 121 Å². The smallest absolute Gasteiger partial charge is 0.342 e. The summed E-state index contributed by atoms with van der Waals surface area (Å²) in [6.45, 7) is 1.61. The van der Waals surface area contributed by atoms with Crippen LogP contribution in [0.3, 0.4) is 0 Å². The number of esters is 1. The first-order chi connectivity index (χ1) is 20.6. The predicted octanol–water partition coefficient (Wildman–Crippen LogP) is 6.65. The van der Waals surface area contributed by atoms with Crippen molar-refractivity contribution >= 4 is 46.5 Å². The summed E-state index contributed by atoms with van der Waals surface area (Å²) in [6, 6.07) is 3.61. The van der Waals surface area contributed by atoms with Gasteiger partial charge in [0.15, 0.2) is 10.6 Å². The van der Waals surface area contributed by atoms with E-state index < -0.39 is 52.3 Å². The Bertz CT molecular complexity index is 962. The molecule has 1 aromatic carbocycles. The second-order valence-electron chi connectivity index (χ2n) is 10.9. The SMILES string of the molecule is CCCCCCCCCCCCCCCCCC(=O)C(O)C(=O)OC[C@@H](NC(=O)C(Cl)Cl)[C@H](O)c1ccc([N+](=O)[O-])cc1. The molecule has 0 aliphatic rings. The third-order valence-electron chi connectivity index (χ3n) is 7.31. The van der Waals surface area contributed by atoms with E-state index in [0.717, 1.165) is 37.8 Å². The van der Waals surface area contributed by atoms with E-state index in [1.165, 1.54) is 76.3 Å². The van der Waals surface area contributed by atoms with Crippen LogP contribution in [-0.4, -0.2) is 56.4 Å². The molecule has 1 rings (SSSR count). The van der Waals surface area contributed by atoms with Crippen molar-refractivity contribution in [3.63, 3.8) is 0 Å². The molecule has 244 valence electrons. The van der Waals surface area contributed by atoms with Gasteiger partial charge in [-0.3, -0.25) is 19.7 Å². The Balaban J connectivity index is 2.34. The zero-order valence-electron chi connectivity index (χ0n) is 25.2. The average molecular weight is 648 g/mol. The topological polar surface area (TPSA) is 156 Å². The predicted molar refractivity (Wildman–Crippen MR) is 167 cm³/mol. The largest absolute Gasteiger partial charge is 0.461 e. The molecule has 0 spiro atoms. The zero-order chi connectivity index (χ0) is 32.0. The second-order valence-corrected chi connectivity index (χ2v) is 12.0. The number of nitro groups is 1. The lowest BCUT2D eigenvalue weighted by molar-refractivity contribution is -0.384. The molecule has 0 aliphatic carbocycles. The van der Waals surface area contributed by atoms with Crippen LogP contribution in [0, 0.1) is 10.1 Å². The van der Waals surface area contributed by atoms with Crippen LogP contribution in [-0.2, 0) is 19.1 Å². The summed E-state index contributed by atoms with van der Waals surface area (Å²) in [6.07, 6.45) is 14.3. The van der Waals surface area contributed by atoms with E-state index in [4.69, 9.17) is 27.9 Å². The van der Waals surface area contributed by atoms with Crippen molar-refractivity contribution in [1.29, 1.82) is 0 Å². The normalized spacial score (nSPS) is 13.3. The Labute approximate surface area is 265 Å². The Morgan fingerprint density at radius 3 is 1.74 bits per heavy atom. The molecule has 3 atom stereocenters. The number of aliphatic hydroxyl groups excluding tert-OH is 2. The van der Waals surface area contributed by atoms with Crippen LogP contribution in [0.2, 0.25) is 0 Å². The van der Waals surface area contributed by atoms with Crippen molar-refractivity contribution < 1.29 is 34.3 Å². The fraction of sp³-hybridized carbons (Fsp3) is 0.710. The summed E-state index contributed by atoms with van der Waals surface area (Å²) in [7, 11) is 0. The van der Waals surface area contributed by atoms with Crippen LogP contribution in [0.4, 0.5) is 5.69 Å². The minimum Gasteiger partial charge on any atom is -0.461 e. The van der Waals surface area contributed by atoms with Gasteiger partial charge in [0.25, 0.3) is 11.6 Å². The molecule has 43 heavy (non-hydrogen) atoms. The molecular formula is C31H48Cl2N2O8. The lowest BCUT2D eigenvalue weighted by Crippen LogP contribution is -2.46. The first-order valence-electron chi connectivity index (χ1n) is 15.5. The third kappa shape index (κ3) is 17.0. The third-order valence-corrected chi connectivity index (χ3v) is 7.71. The van der Waals surface area contributed by atoms with E-state index in [0.29, 0.717) is 6.42 Å². The average Bonchev–Trinajstić information content (AvgIpc) is 2.99. The van der Waals surface area contributed by atoms with Crippen LogP contribution in [0.25, 0.3) is 0 Å². The molecule has 12 heteroatoms. The number of alkyl halides is 2. The van der Waals surface area contributed by atoms with Crippen molar-refractivity contribution in [1.82, 2.24) is 5.32 Å².